The Kier molecular flexibility index (Phi) is 4.33. The zero-order valence-electron chi connectivity index (χ0n) is 9.46. The zero-order valence-corrected chi connectivity index (χ0v) is 10.2. The van der Waals surface area contributed by atoms with Crippen molar-refractivity contribution >= 4 is 17.5 Å². The second kappa shape index (κ2) is 5.32. The lowest BCUT2D eigenvalue weighted by Crippen LogP contribution is -2.46. The highest BCUT2D eigenvalue weighted by molar-refractivity contribution is 6.17. The van der Waals surface area contributed by atoms with E-state index in [0.29, 0.717) is 11.4 Å². The number of alkyl halides is 1. The van der Waals surface area contributed by atoms with Crippen LogP contribution in [0.2, 0.25) is 0 Å². The summed E-state index contributed by atoms with van der Waals surface area (Å²) in [5.41, 5.74) is 0.837. The largest absolute Gasteiger partial charge is 0.394 e. The van der Waals surface area contributed by atoms with Crippen molar-refractivity contribution in [3.05, 3.63) is 35.4 Å². The van der Waals surface area contributed by atoms with Crippen LogP contribution in [0.3, 0.4) is 0 Å². The van der Waals surface area contributed by atoms with Gasteiger partial charge in [0.25, 0.3) is 5.91 Å². The lowest BCUT2D eigenvalue weighted by molar-refractivity contribution is 0.0869. The topological polar surface area (TPSA) is 49.3 Å². The van der Waals surface area contributed by atoms with Gasteiger partial charge in [-0.3, -0.25) is 4.79 Å². The van der Waals surface area contributed by atoms with E-state index in [9.17, 15) is 4.79 Å². The SMILES string of the molecule is CC(C)(CO)NC(=O)c1cccc(CCl)c1. The average molecular weight is 242 g/mol. The summed E-state index contributed by atoms with van der Waals surface area (Å²) in [5.74, 6) is 0.177. The first kappa shape index (κ1) is 13.0. The summed E-state index contributed by atoms with van der Waals surface area (Å²) in [6, 6.07) is 7.12. The molecule has 0 aliphatic rings. The van der Waals surface area contributed by atoms with Gasteiger partial charge in [-0.2, -0.15) is 0 Å². The minimum absolute atomic E-state index is 0.103. The second-order valence-electron chi connectivity index (χ2n) is 4.33. The van der Waals surface area contributed by atoms with E-state index in [0.717, 1.165) is 5.56 Å². The van der Waals surface area contributed by atoms with Crippen molar-refractivity contribution in [1.29, 1.82) is 0 Å². The van der Waals surface area contributed by atoms with Gasteiger partial charge in [0, 0.05) is 11.4 Å². The van der Waals surface area contributed by atoms with Crippen LogP contribution in [-0.2, 0) is 5.88 Å². The molecule has 88 valence electrons. The van der Waals surface area contributed by atoms with Gasteiger partial charge in [-0.1, -0.05) is 12.1 Å². The van der Waals surface area contributed by atoms with Gasteiger partial charge in [-0.25, -0.2) is 0 Å². The maximum atomic E-state index is 11.8. The summed E-state index contributed by atoms with van der Waals surface area (Å²) in [4.78, 5) is 11.8. The molecule has 0 unspecified atom stereocenters. The Morgan fingerprint density at radius 1 is 1.50 bits per heavy atom. The predicted octanol–water partition coefficient (Wildman–Crippen LogP) is 1.93. The minimum Gasteiger partial charge on any atom is -0.394 e. The van der Waals surface area contributed by atoms with E-state index < -0.39 is 5.54 Å². The lowest BCUT2D eigenvalue weighted by atomic mass is 10.1. The Morgan fingerprint density at radius 2 is 2.19 bits per heavy atom. The minimum atomic E-state index is -0.617. The first-order chi connectivity index (χ1) is 7.48. The van der Waals surface area contributed by atoms with E-state index in [1.165, 1.54) is 0 Å². The number of nitrogens with one attached hydrogen (secondary N) is 1. The maximum Gasteiger partial charge on any atom is 0.251 e. The molecule has 0 saturated heterocycles. The Hall–Kier alpha value is -1.06. The molecule has 0 spiro atoms. The van der Waals surface area contributed by atoms with Crippen LogP contribution in [0.1, 0.15) is 29.8 Å². The molecular formula is C12H16ClNO2. The third-order valence-electron chi connectivity index (χ3n) is 2.19. The average Bonchev–Trinajstić information content (AvgIpc) is 2.28. The Bertz CT molecular complexity index is 377. The van der Waals surface area contributed by atoms with Gasteiger partial charge >= 0.3 is 0 Å². The van der Waals surface area contributed by atoms with Crippen molar-refractivity contribution in [1.82, 2.24) is 5.32 Å². The fraction of sp³-hybridized carbons (Fsp3) is 0.417. The van der Waals surface area contributed by atoms with Crippen LogP contribution in [0.4, 0.5) is 0 Å². The predicted molar refractivity (Wildman–Crippen MR) is 64.6 cm³/mol. The van der Waals surface area contributed by atoms with Crippen LogP contribution >= 0.6 is 11.6 Å². The number of hydrogen-bond acceptors (Lipinski definition) is 2. The molecule has 0 heterocycles. The number of carbonyl (C=O) groups is 1. The molecule has 2 N–H and O–H groups in total. The van der Waals surface area contributed by atoms with Crippen molar-refractivity contribution in [3.8, 4) is 0 Å². The molecule has 0 aliphatic heterocycles. The molecule has 3 nitrogen and oxygen atoms in total. The van der Waals surface area contributed by atoms with Crippen LogP contribution in [0.15, 0.2) is 24.3 Å². The quantitative estimate of drug-likeness (QED) is 0.792. The van der Waals surface area contributed by atoms with Gasteiger partial charge in [-0.15, -0.1) is 11.6 Å². The van der Waals surface area contributed by atoms with Crippen molar-refractivity contribution in [2.75, 3.05) is 6.61 Å². The summed E-state index contributed by atoms with van der Waals surface area (Å²) >= 11 is 5.69. The second-order valence-corrected chi connectivity index (χ2v) is 4.60. The van der Waals surface area contributed by atoms with Crippen LogP contribution in [0.5, 0.6) is 0 Å². The smallest absolute Gasteiger partial charge is 0.251 e. The van der Waals surface area contributed by atoms with E-state index in [4.69, 9.17) is 16.7 Å². The molecule has 1 aromatic rings. The van der Waals surface area contributed by atoms with Gasteiger partial charge in [0.2, 0.25) is 0 Å². The van der Waals surface area contributed by atoms with Crippen LogP contribution < -0.4 is 5.32 Å². The number of aliphatic hydroxyl groups is 1. The molecule has 1 rings (SSSR count). The van der Waals surface area contributed by atoms with Gasteiger partial charge in [0.05, 0.1) is 12.1 Å². The van der Waals surface area contributed by atoms with Crippen LogP contribution in [0.25, 0.3) is 0 Å². The summed E-state index contributed by atoms with van der Waals surface area (Å²) in [7, 11) is 0. The summed E-state index contributed by atoms with van der Waals surface area (Å²) in [5, 5.41) is 11.8. The van der Waals surface area contributed by atoms with Gasteiger partial charge in [0.1, 0.15) is 0 Å². The molecule has 0 saturated carbocycles. The molecule has 1 aromatic carbocycles. The summed E-state index contributed by atoms with van der Waals surface area (Å²) < 4.78 is 0. The van der Waals surface area contributed by atoms with Crippen molar-refractivity contribution in [2.24, 2.45) is 0 Å². The number of rotatable bonds is 4. The molecule has 0 aliphatic carbocycles. The first-order valence-electron chi connectivity index (χ1n) is 5.07. The third kappa shape index (κ3) is 3.51. The Balaban J connectivity index is 2.80. The lowest BCUT2D eigenvalue weighted by Gasteiger charge is -2.23. The molecular weight excluding hydrogens is 226 g/mol. The van der Waals surface area contributed by atoms with E-state index in [1.807, 2.05) is 6.07 Å². The van der Waals surface area contributed by atoms with Gasteiger partial charge in [0.15, 0.2) is 0 Å². The number of carbonyl (C=O) groups excluding carboxylic acids is 1. The van der Waals surface area contributed by atoms with Crippen LogP contribution in [0, 0.1) is 0 Å². The highest BCUT2D eigenvalue weighted by Crippen LogP contribution is 2.09. The Morgan fingerprint density at radius 3 is 2.75 bits per heavy atom. The van der Waals surface area contributed by atoms with Crippen molar-refractivity contribution in [3.63, 3.8) is 0 Å². The van der Waals surface area contributed by atoms with Crippen molar-refractivity contribution < 1.29 is 9.90 Å². The molecule has 0 atom stereocenters. The monoisotopic (exact) mass is 241 g/mol. The molecule has 0 aromatic heterocycles. The number of benzene rings is 1. The summed E-state index contributed by atoms with van der Waals surface area (Å²) in [6.45, 7) is 3.42. The van der Waals surface area contributed by atoms with E-state index >= 15 is 0 Å². The Labute approximate surface area is 100 Å². The first-order valence-corrected chi connectivity index (χ1v) is 5.60. The highest BCUT2D eigenvalue weighted by atomic mass is 35.5. The standard InChI is InChI=1S/C12H16ClNO2/c1-12(2,8-15)14-11(16)10-5-3-4-9(6-10)7-13/h3-6,15H,7-8H2,1-2H3,(H,14,16). The van der Waals surface area contributed by atoms with Gasteiger partial charge in [-0.05, 0) is 31.5 Å². The van der Waals surface area contributed by atoms with E-state index in [-0.39, 0.29) is 12.5 Å². The molecule has 0 fully saturated rings. The van der Waals surface area contributed by atoms with Crippen LogP contribution in [-0.4, -0.2) is 23.2 Å². The fourth-order valence-electron chi connectivity index (χ4n) is 1.21. The number of aliphatic hydroxyl groups excluding tert-OH is 1. The molecule has 4 heteroatoms. The fourth-order valence-corrected chi connectivity index (χ4v) is 1.38. The maximum absolute atomic E-state index is 11.8. The highest BCUT2D eigenvalue weighted by Gasteiger charge is 2.19. The zero-order chi connectivity index (χ0) is 12.2. The summed E-state index contributed by atoms with van der Waals surface area (Å²) in [6.07, 6.45) is 0. The number of amides is 1. The molecule has 0 radical (unpaired) electrons. The number of halogens is 1. The van der Waals surface area contributed by atoms with E-state index in [2.05, 4.69) is 5.32 Å². The number of hydrogen-bond donors (Lipinski definition) is 2. The molecule has 1 amide bonds. The molecule has 16 heavy (non-hydrogen) atoms. The van der Waals surface area contributed by atoms with E-state index in [1.54, 1.807) is 32.0 Å². The third-order valence-corrected chi connectivity index (χ3v) is 2.50. The van der Waals surface area contributed by atoms with Gasteiger partial charge < -0.3 is 10.4 Å². The van der Waals surface area contributed by atoms with Crippen molar-refractivity contribution in [2.45, 2.75) is 25.3 Å². The molecule has 0 bridgehead atoms. The normalized spacial score (nSPS) is 11.2.